The minimum Gasteiger partial charge on any atom is -0.309 e. The molecule has 3 heteroatoms. The molecule has 2 aromatic heterocycles. The van der Waals surface area contributed by atoms with Crippen molar-refractivity contribution in [2.75, 3.05) is 0 Å². The summed E-state index contributed by atoms with van der Waals surface area (Å²) in [4.78, 5) is 0. The van der Waals surface area contributed by atoms with Crippen molar-refractivity contribution < 1.29 is 17.8 Å². The maximum atomic E-state index is 9.39. The van der Waals surface area contributed by atoms with Crippen LogP contribution in [0.3, 0.4) is 0 Å². The zero-order chi connectivity index (χ0) is 45.1. The SMILES string of the molecule is [2H]c1c([2H])c([2H])c([Si](c2ccccc2)(c2ccccc2)c2cccc(-n3c4ccccc4c4cc(-n5c6c([2H])c([2H])c([2H])c([2H])c6c6c([2H])c([2H])c([2H])c([2H])c65)ccc43)c2)c([2H])c1[2H]. The summed E-state index contributed by atoms with van der Waals surface area (Å²) in [5, 5.41) is 4.23. The van der Waals surface area contributed by atoms with Gasteiger partial charge < -0.3 is 9.13 Å². The van der Waals surface area contributed by atoms with E-state index in [1.165, 1.54) is 4.57 Å². The Morgan fingerprint density at radius 1 is 0.333 bits per heavy atom. The van der Waals surface area contributed by atoms with Crippen LogP contribution in [0, 0.1) is 0 Å². The normalized spacial score (nSPS) is 15.5. The van der Waals surface area contributed by atoms with E-state index in [0.717, 1.165) is 43.1 Å². The zero-order valence-electron chi connectivity index (χ0n) is 40.0. The fraction of sp³-hybridized carbons (Fsp3) is 0. The summed E-state index contributed by atoms with van der Waals surface area (Å²) < 4.78 is 118. The van der Waals surface area contributed by atoms with Crippen LogP contribution in [-0.4, -0.2) is 17.2 Å². The van der Waals surface area contributed by atoms with Crippen molar-refractivity contribution in [3.63, 3.8) is 0 Å². The number of rotatable bonds is 6. The summed E-state index contributed by atoms with van der Waals surface area (Å²) in [7, 11) is -3.73. The molecule has 0 unspecified atom stereocenters. The first-order valence-electron chi connectivity index (χ1n) is 23.0. The van der Waals surface area contributed by atoms with Crippen LogP contribution in [0.4, 0.5) is 0 Å². The van der Waals surface area contributed by atoms with Crippen LogP contribution < -0.4 is 20.7 Å². The van der Waals surface area contributed by atoms with E-state index in [1.54, 1.807) is 6.07 Å². The molecule has 0 aliphatic carbocycles. The molecule has 10 rings (SSSR count). The molecule has 0 aliphatic heterocycles. The van der Waals surface area contributed by atoms with E-state index in [1.807, 2.05) is 121 Å². The number of hydrogen-bond donors (Lipinski definition) is 0. The highest BCUT2D eigenvalue weighted by molar-refractivity contribution is 7.19. The monoisotopic (exact) mass is 679 g/mol. The van der Waals surface area contributed by atoms with Gasteiger partial charge in [-0.3, -0.25) is 0 Å². The van der Waals surface area contributed by atoms with Gasteiger partial charge in [0, 0.05) is 32.9 Å². The van der Waals surface area contributed by atoms with Crippen molar-refractivity contribution in [2.45, 2.75) is 0 Å². The Labute approximate surface area is 316 Å². The third-order valence-corrected chi connectivity index (χ3v) is 14.3. The van der Waals surface area contributed by atoms with Crippen molar-refractivity contribution in [1.29, 1.82) is 0 Å². The highest BCUT2D eigenvalue weighted by atomic mass is 28.3. The van der Waals surface area contributed by atoms with Gasteiger partial charge in [0.2, 0.25) is 0 Å². The van der Waals surface area contributed by atoms with Gasteiger partial charge in [0.1, 0.15) is 0 Å². The average Bonchev–Trinajstić information content (AvgIpc) is 3.86. The molecule has 51 heavy (non-hydrogen) atoms. The number of aromatic nitrogens is 2. The third-order valence-electron chi connectivity index (χ3n) is 9.77. The van der Waals surface area contributed by atoms with E-state index >= 15 is 0 Å². The van der Waals surface area contributed by atoms with Crippen molar-refractivity contribution in [1.82, 2.24) is 9.13 Å². The largest absolute Gasteiger partial charge is 0.309 e. The molecule has 0 saturated carbocycles. The lowest BCUT2D eigenvalue weighted by atomic mass is 10.1. The Balaban J connectivity index is 1.29. The highest BCUT2D eigenvalue weighted by Crippen LogP contribution is 2.36. The van der Waals surface area contributed by atoms with Crippen molar-refractivity contribution >= 4 is 72.4 Å². The van der Waals surface area contributed by atoms with E-state index < -0.39 is 62.5 Å². The van der Waals surface area contributed by atoms with Gasteiger partial charge in [0.25, 0.3) is 0 Å². The summed E-state index contributed by atoms with van der Waals surface area (Å²) in [5.41, 5.74) is 2.76. The van der Waals surface area contributed by atoms with Gasteiger partial charge in [0.15, 0.2) is 8.07 Å². The molecule has 2 heterocycles. The predicted molar refractivity (Wildman–Crippen MR) is 219 cm³/mol. The number of para-hydroxylation sites is 3. The van der Waals surface area contributed by atoms with Gasteiger partial charge >= 0.3 is 0 Å². The average molecular weight is 680 g/mol. The topological polar surface area (TPSA) is 9.86 Å². The first-order chi connectivity index (χ1) is 30.7. The molecular weight excluding hydrogens is 633 g/mol. The second kappa shape index (κ2) is 11.9. The fourth-order valence-electron chi connectivity index (χ4n) is 7.68. The molecule has 10 aromatic rings. The molecule has 0 aliphatic rings. The summed E-state index contributed by atoms with van der Waals surface area (Å²) in [6.07, 6.45) is 0. The van der Waals surface area contributed by atoms with Crippen LogP contribution in [0.1, 0.15) is 17.8 Å². The lowest BCUT2D eigenvalue weighted by Crippen LogP contribution is -2.74. The Morgan fingerprint density at radius 3 is 1.55 bits per heavy atom. The molecule has 0 amide bonds. The summed E-state index contributed by atoms with van der Waals surface area (Å²) >= 11 is 0. The standard InChI is InChI=1S/C48H34N2Si/c1-4-18-37(19-5-1)51(38-20-6-2-7-21-38,39-22-8-3-9-23-39)40-24-16-17-35(33-40)49-47-30-15-12-27-43(47)44-34-36(31-32-48(44)49)50-45-28-13-10-25-41(45)42-26-11-14-29-46(42)50/h1-34H/i1D,4D,5D,10D,11D,13D,14D,18D,19D,25D,26D,28D,29D. The van der Waals surface area contributed by atoms with Crippen LogP contribution >= 0.6 is 0 Å². The Bertz CT molecular complexity index is 3460. The smallest absolute Gasteiger partial charge is 0.179 e. The number of hydrogen-bond acceptors (Lipinski definition) is 0. The summed E-state index contributed by atoms with van der Waals surface area (Å²) in [5.74, 6) is 0. The molecule has 240 valence electrons. The zero-order valence-corrected chi connectivity index (χ0v) is 28.0. The summed E-state index contributed by atoms with van der Waals surface area (Å²) in [6, 6.07) is 35.0. The van der Waals surface area contributed by atoms with Gasteiger partial charge in [-0.15, -0.1) is 0 Å². The molecule has 0 saturated heterocycles. The van der Waals surface area contributed by atoms with E-state index in [0.29, 0.717) is 5.69 Å². The molecule has 0 atom stereocenters. The van der Waals surface area contributed by atoms with Crippen molar-refractivity contribution in [3.05, 3.63) is 206 Å². The second-order valence-corrected chi connectivity index (χ2v) is 16.1. The Kier molecular flexibility index (Phi) is 4.45. The first kappa shape index (κ1) is 19.1. The van der Waals surface area contributed by atoms with Crippen LogP contribution in [0.2, 0.25) is 0 Å². The molecule has 2 nitrogen and oxygen atoms in total. The lowest BCUT2D eigenvalue weighted by molar-refractivity contribution is 1.17. The van der Waals surface area contributed by atoms with Gasteiger partial charge in [-0.2, -0.15) is 0 Å². The van der Waals surface area contributed by atoms with Crippen LogP contribution in [0.5, 0.6) is 0 Å². The van der Waals surface area contributed by atoms with Gasteiger partial charge in [-0.05, 0) is 69.2 Å². The van der Waals surface area contributed by atoms with Gasteiger partial charge in [-0.1, -0.05) is 157 Å². The Hall–Kier alpha value is -6.42. The van der Waals surface area contributed by atoms with Crippen LogP contribution in [0.15, 0.2) is 206 Å². The van der Waals surface area contributed by atoms with Crippen molar-refractivity contribution in [3.8, 4) is 11.4 Å². The summed E-state index contributed by atoms with van der Waals surface area (Å²) in [6.45, 7) is 0. The molecule has 0 fully saturated rings. The number of benzene rings is 8. The molecule has 0 radical (unpaired) electrons. The van der Waals surface area contributed by atoms with E-state index in [2.05, 4.69) is 4.57 Å². The van der Waals surface area contributed by atoms with E-state index in [4.69, 9.17) is 15.1 Å². The Morgan fingerprint density at radius 2 is 0.863 bits per heavy atom. The first-order valence-corrected chi connectivity index (χ1v) is 18.5. The maximum absolute atomic E-state index is 9.39. The fourth-order valence-corrected chi connectivity index (χ4v) is 12.1. The number of fused-ring (bicyclic) bond motifs is 6. The quantitative estimate of drug-likeness (QED) is 0.123. The lowest BCUT2D eigenvalue weighted by Gasteiger charge is -2.34. The minimum absolute atomic E-state index is 0.00376. The van der Waals surface area contributed by atoms with E-state index in [9.17, 15) is 2.74 Å². The van der Waals surface area contributed by atoms with Crippen molar-refractivity contribution in [2.24, 2.45) is 0 Å². The minimum atomic E-state index is -3.73. The molecule has 0 spiro atoms. The highest BCUT2D eigenvalue weighted by Gasteiger charge is 2.41. The van der Waals surface area contributed by atoms with Gasteiger partial charge in [-0.25, -0.2) is 0 Å². The second-order valence-electron chi connectivity index (χ2n) is 12.4. The maximum Gasteiger partial charge on any atom is 0.179 e. The van der Waals surface area contributed by atoms with E-state index in [-0.39, 0.29) is 51.2 Å². The van der Waals surface area contributed by atoms with Crippen LogP contribution in [-0.2, 0) is 0 Å². The van der Waals surface area contributed by atoms with Crippen LogP contribution in [0.25, 0.3) is 55.0 Å². The number of nitrogens with zero attached hydrogens (tertiary/aromatic N) is 2. The molecule has 0 bridgehead atoms. The molecule has 8 aromatic carbocycles. The third kappa shape index (κ3) is 4.49. The molecule has 0 N–H and O–H groups in total. The van der Waals surface area contributed by atoms with Gasteiger partial charge in [0.05, 0.1) is 39.9 Å². The predicted octanol–water partition coefficient (Wildman–Crippen LogP) is 9.26. The molecular formula is C48H34N2Si.